The Bertz CT molecular complexity index is 1320. The molecule has 11 heteroatoms. The third kappa shape index (κ3) is 6.66. The maximum Gasteiger partial charge on any atom is 0.246 e. The van der Waals surface area contributed by atoms with E-state index in [0.29, 0.717) is 18.0 Å². The van der Waals surface area contributed by atoms with Gasteiger partial charge in [-0.2, -0.15) is 15.0 Å². The van der Waals surface area contributed by atoms with Gasteiger partial charge >= 0.3 is 0 Å². The van der Waals surface area contributed by atoms with Gasteiger partial charge in [-0.25, -0.2) is 8.78 Å². The second kappa shape index (κ2) is 11.8. The zero-order chi connectivity index (χ0) is 26.2. The van der Waals surface area contributed by atoms with Crippen LogP contribution >= 0.6 is 0 Å². The smallest absolute Gasteiger partial charge is 0.246 e. The van der Waals surface area contributed by atoms with Crippen molar-refractivity contribution in [1.82, 2.24) is 15.0 Å². The fraction of sp³-hybridized carbons (Fsp3) is 0.154. The molecule has 0 aliphatic heterocycles. The number of hydrogen-bond acceptors (Lipinski definition) is 8. The Kier molecular flexibility index (Phi) is 8.04. The first kappa shape index (κ1) is 25.3. The predicted octanol–water partition coefficient (Wildman–Crippen LogP) is 5.47. The van der Waals surface area contributed by atoms with E-state index in [-0.39, 0.29) is 35.1 Å². The molecular weight excluding hydrogens is 480 g/mol. The second-order valence-electron chi connectivity index (χ2n) is 7.80. The molecular formula is C26H25F2N7O2. The van der Waals surface area contributed by atoms with Gasteiger partial charge in [0.2, 0.25) is 23.8 Å². The Morgan fingerprint density at radius 2 is 1.27 bits per heavy atom. The number of para-hydroxylation sites is 4. The maximum atomic E-state index is 14.2. The fourth-order valence-corrected chi connectivity index (χ4v) is 3.27. The standard InChI is InChI=1S/C26H25F2N7O2/c1-3-37-22-15-9-8-14-21(22)30-23(36)16(2)29-24-33-25(31-19-12-6-4-10-17(19)27)35-26(34-24)32-20-13-7-5-11-18(20)28/h4-16H,3H2,1-2H3,(H,30,36)(H3,29,31,32,33,34,35)/t16-/m0/s1. The minimum Gasteiger partial charge on any atom is -0.492 e. The molecule has 0 saturated carbocycles. The van der Waals surface area contributed by atoms with E-state index >= 15 is 0 Å². The van der Waals surface area contributed by atoms with Crippen LogP contribution in [0.5, 0.6) is 5.75 Å². The molecule has 37 heavy (non-hydrogen) atoms. The van der Waals surface area contributed by atoms with Gasteiger partial charge in [-0.1, -0.05) is 36.4 Å². The first-order valence-corrected chi connectivity index (χ1v) is 11.5. The lowest BCUT2D eigenvalue weighted by molar-refractivity contribution is -0.116. The van der Waals surface area contributed by atoms with Gasteiger partial charge < -0.3 is 26.0 Å². The summed E-state index contributed by atoms with van der Waals surface area (Å²) in [5.74, 6) is -0.887. The normalized spacial score (nSPS) is 11.4. The molecule has 0 spiro atoms. The molecule has 9 nitrogen and oxygen atoms in total. The summed E-state index contributed by atoms with van der Waals surface area (Å²) in [4.78, 5) is 25.6. The van der Waals surface area contributed by atoms with Crippen LogP contribution < -0.4 is 26.0 Å². The van der Waals surface area contributed by atoms with Crippen molar-refractivity contribution in [1.29, 1.82) is 0 Å². The highest BCUT2D eigenvalue weighted by Gasteiger charge is 2.18. The topological polar surface area (TPSA) is 113 Å². The van der Waals surface area contributed by atoms with E-state index in [1.807, 2.05) is 6.92 Å². The van der Waals surface area contributed by atoms with Crippen molar-refractivity contribution in [2.24, 2.45) is 0 Å². The molecule has 4 aromatic rings. The summed E-state index contributed by atoms with van der Waals surface area (Å²) in [5, 5.41) is 11.3. The van der Waals surface area contributed by atoms with Gasteiger partial charge in [-0.15, -0.1) is 0 Å². The molecule has 1 amide bonds. The number of nitrogens with one attached hydrogen (secondary N) is 4. The molecule has 0 aliphatic carbocycles. The van der Waals surface area contributed by atoms with Crippen molar-refractivity contribution in [2.75, 3.05) is 27.9 Å². The number of nitrogens with zero attached hydrogens (tertiary/aromatic N) is 3. The molecule has 0 fully saturated rings. The van der Waals surface area contributed by atoms with Crippen LogP contribution in [0, 0.1) is 11.6 Å². The third-order valence-electron chi connectivity index (χ3n) is 5.06. The molecule has 0 saturated heterocycles. The average Bonchev–Trinajstić information content (AvgIpc) is 2.88. The van der Waals surface area contributed by atoms with Crippen LogP contribution in [0.15, 0.2) is 72.8 Å². The monoisotopic (exact) mass is 505 g/mol. The van der Waals surface area contributed by atoms with Gasteiger partial charge in [0.1, 0.15) is 23.4 Å². The molecule has 1 aromatic heterocycles. The van der Waals surface area contributed by atoms with Gasteiger partial charge in [-0.3, -0.25) is 4.79 Å². The number of carbonyl (C=O) groups excluding carboxylic acids is 1. The van der Waals surface area contributed by atoms with Crippen molar-refractivity contribution in [3.8, 4) is 5.75 Å². The lowest BCUT2D eigenvalue weighted by atomic mass is 10.2. The number of ether oxygens (including phenoxy) is 1. The maximum absolute atomic E-state index is 14.2. The van der Waals surface area contributed by atoms with E-state index in [0.717, 1.165) is 0 Å². The highest BCUT2D eigenvalue weighted by Crippen LogP contribution is 2.25. The van der Waals surface area contributed by atoms with Crippen LogP contribution in [0.3, 0.4) is 0 Å². The van der Waals surface area contributed by atoms with Crippen LogP contribution in [0.2, 0.25) is 0 Å². The molecule has 0 unspecified atom stereocenters. The number of hydrogen-bond donors (Lipinski definition) is 4. The Balaban J connectivity index is 1.57. The van der Waals surface area contributed by atoms with Crippen molar-refractivity contribution < 1.29 is 18.3 Å². The number of amides is 1. The first-order chi connectivity index (χ1) is 17.9. The SMILES string of the molecule is CCOc1ccccc1NC(=O)[C@H](C)Nc1nc(Nc2ccccc2F)nc(Nc2ccccc2F)n1. The number of aromatic nitrogens is 3. The lowest BCUT2D eigenvalue weighted by Gasteiger charge is -2.17. The van der Waals surface area contributed by atoms with Crippen molar-refractivity contribution in [3.63, 3.8) is 0 Å². The molecule has 0 radical (unpaired) electrons. The molecule has 190 valence electrons. The summed E-state index contributed by atoms with van der Waals surface area (Å²) < 4.78 is 34.0. The largest absolute Gasteiger partial charge is 0.492 e. The lowest BCUT2D eigenvalue weighted by Crippen LogP contribution is -2.33. The number of benzene rings is 3. The molecule has 4 N–H and O–H groups in total. The first-order valence-electron chi connectivity index (χ1n) is 11.5. The van der Waals surface area contributed by atoms with Crippen LogP contribution in [-0.2, 0) is 4.79 Å². The summed E-state index contributed by atoms with van der Waals surface area (Å²) in [6.07, 6.45) is 0. The molecule has 0 bridgehead atoms. The average molecular weight is 506 g/mol. The van der Waals surface area contributed by atoms with E-state index in [2.05, 4.69) is 36.2 Å². The quantitative estimate of drug-likeness (QED) is 0.224. The molecule has 3 aromatic carbocycles. The van der Waals surface area contributed by atoms with Crippen LogP contribution in [0.4, 0.5) is 43.7 Å². The molecule has 1 heterocycles. The Labute approximate surface area is 212 Å². The van der Waals surface area contributed by atoms with Crippen LogP contribution in [0.25, 0.3) is 0 Å². The number of rotatable bonds is 10. The van der Waals surface area contributed by atoms with Gasteiger partial charge in [0, 0.05) is 0 Å². The van der Waals surface area contributed by atoms with Gasteiger partial charge in [0.15, 0.2) is 0 Å². The van der Waals surface area contributed by atoms with Gasteiger partial charge in [0.25, 0.3) is 0 Å². The Morgan fingerprint density at radius 1 is 0.784 bits per heavy atom. The number of carbonyl (C=O) groups is 1. The summed E-state index contributed by atoms with van der Waals surface area (Å²) in [7, 11) is 0. The molecule has 0 aliphatic rings. The van der Waals surface area contributed by atoms with E-state index in [9.17, 15) is 13.6 Å². The summed E-state index contributed by atoms with van der Waals surface area (Å²) >= 11 is 0. The van der Waals surface area contributed by atoms with E-state index in [1.165, 1.54) is 24.3 Å². The predicted molar refractivity (Wildman–Crippen MR) is 139 cm³/mol. The zero-order valence-electron chi connectivity index (χ0n) is 20.1. The minimum atomic E-state index is -0.792. The van der Waals surface area contributed by atoms with Crippen molar-refractivity contribution in [2.45, 2.75) is 19.9 Å². The Hall–Kier alpha value is -4.80. The van der Waals surface area contributed by atoms with E-state index in [1.54, 1.807) is 55.5 Å². The van der Waals surface area contributed by atoms with E-state index in [4.69, 9.17) is 4.74 Å². The fourth-order valence-electron chi connectivity index (χ4n) is 3.27. The van der Waals surface area contributed by atoms with Gasteiger partial charge in [0.05, 0.1) is 23.7 Å². The van der Waals surface area contributed by atoms with Crippen molar-refractivity contribution >= 4 is 40.8 Å². The summed E-state index contributed by atoms with van der Waals surface area (Å²) in [5.41, 5.74) is 0.784. The zero-order valence-corrected chi connectivity index (χ0v) is 20.1. The number of anilines is 6. The van der Waals surface area contributed by atoms with Gasteiger partial charge in [-0.05, 0) is 50.2 Å². The van der Waals surface area contributed by atoms with Crippen LogP contribution in [0.1, 0.15) is 13.8 Å². The third-order valence-corrected chi connectivity index (χ3v) is 5.06. The van der Waals surface area contributed by atoms with Crippen molar-refractivity contribution in [3.05, 3.63) is 84.4 Å². The minimum absolute atomic E-state index is 0.00780. The highest BCUT2D eigenvalue weighted by atomic mass is 19.1. The Morgan fingerprint density at radius 3 is 1.81 bits per heavy atom. The molecule has 1 atom stereocenters. The van der Waals surface area contributed by atoms with E-state index < -0.39 is 17.7 Å². The molecule has 4 rings (SSSR count). The number of halogens is 2. The summed E-state index contributed by atoms with van der Waals surface area (Å²) in [6, 6.07) is 18.3. The summed E-state index contributed by atoms with van der Waals surface area (Å²) in [6.45, 7) is 3.92. The highest BCUT2D eigenvalue weighted by molar-refractivity contribution is 5.97. The second-order valence-corrected chi connectivity index (χ2v) is 7.80. The van der Waals surface area contributed by atoms with Crippen LogP contribution in [-0.4, -0.2) is 33.5 Å².